The zero-order valence-electron chi connectivity index (χ0n) is 11.8. The average Bonchev–Trinajstić information content (AvgIpc) is 2.94. The molecule has 118 valence electrons. The van der Waals surface area contributed by atoms with E-state index >= 15 is 0 Å². The van der Waals surface area contributed by atoms with Gasteiger partial charge in [0, 0.05) is 12.8 Å². The lowest BCUT2D eigenvalue weighted by atomic mass is 10.0. The lowest BCUT2D eigenvalue weighted by Crippen LogP contribution is -2.09. The van der Waals surface area contributed by atoms with Gasteiger partial charge in [-0.25, -0.2) is 4.63 Å². The molecule has 0 saturated carbocycles. The van der Waals surface area contributed by atoms with Crippen molar-refractivity contribution < 1.29 is 22.6 Å². The molecule has 0 atom stereocenters. The normalized spacial score (nSPS) is 11.8. The van der Waals surface area contributed by atoms with Crippen molar-refractivity contribution in [2.75, 3.05) is 0 Å². The quantitative estimate of drug-likeness (QED) is 0.737. The molecule has 0 saturated heterocycles. The first-order chi connectivity index (χ1) is 10.9. The summed E-state index contributed by atoms with van der Waals surface area (Å²) in [6.45, 7) is 0. The average molecular weight is 320 g/mol. The molecule has 0 aliphatic carbocycles. The number of nitrogens with zero attached hydrogens (tertiary/aromatic N) is 2. The molecule has 2 aromatic carbocycles. The summed E-state index contributed by atoms with van der Waals surface area (Å²) in [5.74, 6) is -0.180. The maximum Gasteiger partial charge on any atom is 0.416 e. The molecule has 0 radical (unpaired) electrons. The first-order valence-corrected chi connectivity index (χ1v) is 6.81. The number of aromatic nitrogens is 2. The van der Waals surface area contributed by atoms with Crippen LogP contribution in [0.4, 0.5) is 13.2 Å². The van der Waals surface area contributed by atoms with Gasteiger partial charge in [0.25, 0.3) is 0 Å². The summed E-state index contributed by atoms with van der Waals surface area (Å²) in [4.78, 5) is 12.1. The van der Waals surface area contributed by atoms with Gasteiger partial charge < -0.3 is 0 Å². The highest BCUT2D eigenvalue weighted by Gasteiger charge is 2.30. The second-order valence-corrected chi connectivity index (χ2v) is 5.18. The Morgan fingerprint density at radius 1 is 0.957 bits per heavy atom. The van der Waals surface area contributed by atoms with Gasteiger partial charge in [0.1, 0.15) is 16.8 Å². The smallest absolute Gasteiger partial charge is 0.299 e. The van der Waals surface area contributed by atoms with E-state index < -0.39 is 11.7 Å². The largest absolute Gasteiger partial charge is 0.416 e. The fourth-order valence-electron chi connectivity index (χ4n) is 2.31. The van der Waals surface area contributed by atoms with Crippen LogP contribution in [0.2, 0.25) is 0 Å². The summed E-state index contributed by atoms with van der Waals surface area (Å²) in [5, 5.41) is 7.35. The van der Waals surface area contributed by atoms with E-state index in [4.69, 9.17) is 0 Å². The number of carbonyl (C=O) groups is 1. The lowest BCUT2D eigenvalue weighted by Gasteiger charge is -2.08. The number of fused-ring (bicyclic) bond motifs is 1. The Morgan fingerprint density at radius 2 is 1.65 bits per heavy atom. The maximum atomic E-state index is 12.7. The van der Waals surface area contributed by atoms with Crippen LogP contribution in [0.3, 0.4) is 0 Å². The Kier molecular flexibility index (Phi) is 3.85. The van der Waals surface area contributed by atoms with Crippen molar-refractivity contribution >= 4 is 16.8 Å². The summed E-state index contributed by atoms with van der Waals surface area (Å²) in [5.41, 5.74) is 1.42. The van der Waals surface area contributed by atoms with Crippen LogP contribution in [0.25, 0.3) is 11.0 Å². The van der Waals surface area contributed by atoms with Crippen LogP contribution >= 0.6 is 0 Å². The topological polar surface area (TPSA) is 56.0 Å². The van der Waals surface area contributed by atoms with Crippen molar-refractivity contribution in [2.24, 2.45) is 0 Å². The van der Waals surface area contributed by atoms with Crippen LogP contribution in [0.1, 0.15) is 16.7 Å². The molecule has 0 aliphatic rings. The zero-order chi connectivity index (χ0) is 16.4. The van der Waals surface area contributed by atoms with Crippen LogP contribution < -0.4 is 0 Å². The van der Waals surface area contributed by atoms with Crippen molar-refractivity contribution in [3.05, 3.63) is 59.2 Å². The third kappa shape index (κ3) is 3.56. The standard InChI is InChI=1S/C16H11F3N2O2/c17-16(18,19)12-3-1-2-10(6-12)7-13(22)8-11-4-5-14-15(9-11)21-23-20-14/h1-6,9H,7-8H2. The second-order valence-electron chi connectivity index (χ2n) is 5.18. The first kappa shape index (κ1) is 15.2. The van der Waals surface area contributed by atoms with Gasteiger partial charge in [0.05, 0.1) is 5.56 Å². The second kappa shape index (κ2) is 5.83. The Bertz CT molecular complexity index is 856. The number of alkyl halides is 3. The molecule has 1 heterocycles. The van der Waals surface area contributed by atoms with Gasteiger partial charge in [0.15, 0.2) is 0 Å². The minimum Gasteiger partial charge on any atom is -0.299 e. The van der Waals surface area contributed by atoms with Crippen molar-refractivity contribution in [1.29, 1.82) is 0 Å². The van der Waals surface area contributed by atoms with Crippen molar-refractivity contribution in [2.45, 2.75) is 19.0 Å². The number of Topliss-reactive ketones (excluding diaryl/α,β-unsaturated/α-hetero) is 1. The number of halogens is 3. The van der Waals surface area contributed by atoms with Crippen molar-refractivity contribution in [3.63, 3.8) is 0 Å². The molecule has 0 spiro atoms. The van der Waals surface area contributed by atoms with Gasteiger partial charge in [-0.2, -0.15) is 13.2 Å². The number of hydrogen-bond acceptors (Lipinski definition) is 4. The van der Waals surface area contributed by atoms with Crippen molar-refractivity contribution in [1.82, 2.24) is 10.3 Å². The van der Waals surface area contributed by atoms with Crippen LogP contribution in [0, 0.1) is 0 Å². The molecule has 23 heavy (non-hydrogen) atoms. The Balaban J connectivity index is 1.71. The molecular formula is C16H11F3N2O2. The van der Waals surface area contributed by atoms with E-state index in [-0.39, 0.29) is 18.6 Å². The lowest BCUT2D eigenvalue weighted by molar-refractivity contribution is -0.137. The van der Waals surface area contributed by atoms with E-state index in [2.05, 4.69) is 14.9 Å². The molecule has 4 nitrogen and oxygen atoms in total. The third-order valence-corrected chi connectivity index (χ3v) is 3.38. The number of ketones is 1. The third-order valence-electron chi connectivity index (χ3n) is 3.38. The number of hydrogen-bond donors (Lipinski definition) is 0. The molecular weight excluding hydrogens is 309 g/mol. The van der Waals surface area contributed by atoms with Crippen molar-refractivity contribution in [3.8, 4) is 0 Å². The fraction of sp³-hybridized carbons (Fsp3) is 0.188. The molecule has 1 aromatic heterocycles. The van der Waals surface area contributed by atoms with Gasteiger partial charge in [-0.05, 0) is 39.6 Å². The molecule has 7 heteroatoms. The molecule has 0 bridgehead atoms. The predicted octanol–water partition coefficient (Wildman–Crippen LogP) is 3.60. The van der Waals surface area contributed by atoms with E-state index in [1.807, 2.05) is 0 Å². The van der Waals surface area contributed by atoms with E-state index in [9.17, 15) is 18.0 Å². The molecule has 0 amide bonds. The molecule has 0 aliphatic heterocycles. The molecule has 0 unspecified atom stereocenters. The summed E-state index contributed by atoms with van der Waals surface area (Å²) >= 11 is 0. The SMILES string of the molecule is O=C(Cc1cccc(C(F)(F)F)c1)Cc1ccc2nonc2c1. The Morgan fingerprint density at radius 3 is 2.39 bits per heavy atom. The first-order valence-electron chi connectivity index (χ1n) is 6.81. The molecule has 3 aromatic rings. The van der Waals surface area contributed by atoms with E-state index in [0.29, 0.717) is 22.2 Å². The van der Waals surface area contributed by atoms with Gasteiger partial charge in [-0.3, -0.25) is 4.79 Å². The highest BCUT2D eigenvalue weighted by atomic mass is 19.4. The van der Waals surface area contributed by atoms with E-state index in [0.717, 1.165) is 12.1 Å². The number of carbonyl (C=O) groups excluding carboxylic acids is 1. The predicted molar refractivity (Wildman–Crippen MR) is 75.7 cm³/mol. The van der Waals surface area contributed by atoms with Gasteiger partial charge in [0.2, 0.25) is 0 Å². The van der Waals surface area contributed by atoms with Gasteiger partial charge in [-0.1, -0.05) is 24.3 Å². The van der Waals surface area contributed by atoms with Gasteiger partial charge >= 0.3 is 6.18 Å². The number of benzene rings is 2. The minimum absolute atomic E-state index is 0.0565. The summed E-state index contributed by atoms with van der Waals surface area (Å²) in [6, 6.07) is 9.88. The Hall–Kier alpha value is -2.70. The monoisotopic (exact) mass is 320 g/mol. The summed E-state index contributed by atoms with van der Waals surface area (Å²) < 4.78 is 42.6. The molecule has 3 rings (SSSR count). The minimum atomic E-state index is -4.41. The molecule has 0 fully saturated rings. The van der Waals surface area contributed by atoms with Crippen LogP contribution in [-0.2, 0) is 23.8 Å². The van der Waals surface area contributed by atoms with Crippen LogP contribution in [0.5, 0.6) is 0 Å². The highest BCUT2D eigenvalue weighted by Crippen LogP contribution is 2.29. The fourth-order valence-corrected chi connectivity index (χ4v) is 2.31. The number of rotatable bonds is 4. The van der Waals surface area contributed by atoms with Crippen LogP contribution in [-0.4, -0.2) is 16.1 Å². The zero-order valence-corrected chi connectivity index (χ0v) is 11.8. The summed E-state index contributed by atoms with van der Waals surface area (Å²) in [7, 11) is 0. The van der Waals surface area contributed by atoms with E-state index in [1.165, 1.54) is 12.1 Å². The van der Waals surface area contributed by atoms with E-state index in [1.54, 1.807) is 18.2 Å². The van der Waals surface area contributed by atoms with Crippen LogP contribution in [0.15, 0.2) is 47.1 Å². The Labute approximate surface area is 128 Å². The van der Waals surface area contributed by atoms with Gasteiger partial charge in [-0.15, -0.1) is 0 Å². The maximum absolute atomic E-state index is 12.7. The molecule has 0 N–H and O–H groups in total. The highest BCUT2D eigenvalue weighted by molar-refractivity contribution is 5.84. The summed E-state index contributed by atoms with van der Waals surface area (Å²) in [6.07, 6.45) is -4.36.